The van der Waals surface area contributed by atoms with E-state index in [1.54, 1.807) is 26.0 Å². The van der Waals surface area contributed by atoms with E-state index in [0.29, 0.717) is 39.6 Å². The molecule has 1 aromatic carbocycles. The molecule has 0 aliphatic rings. The third-order valence-electron chi connectivity index (χ3n) is 4.45. The summed E-state index contributed by atoms with van der Waals surface area (Å²) in [4.78, 5) is 12.2. The molecule has 31 heavy (non-hydrogen) atoms. The van der Waals surface area contributed by atoms with E-state index in [-0.39, 0.29) is 19.0 Å². The van der Waals surface area contributed by atoms with E-state index in [2.05, 4.69) is 20.3 Å². The number of aliphatic hydroxyl groups excluding tert-OH is 1. The fraction of sp³-hybridized carbons (Fsp3) is 0.350. The monoisotopic (exact) mass is 437 g/mol. The third-order valence-corrected chi connectivity index (χ3v) is 4.45. The molecule has 0 aliphatic carbocycles. The minimum Gasteiger partial charge on any atom is -0.493 e. The van der Waals surface area contributed by atoms with E-state index in [9.17, 15) is 13.2 Å². The Bertz CT molecular complexity index is 1090. The highest BCUT2D eigenvalue weighted by Gasteiger charge is 2.33. The van der Waals surface area contributed by atoms with E-state index < -0.39 is 17.9 Å². The smallest absolute Gasteiger partial charge is 0.433 e. The first-order chi connectivity index (χ1) is 14.6. The van der Waals surface area contributed by atoms with Crippen molar-refractivity contribution < 1.29 is 27.8 Å². The van der Waals surface area contributed by atoms with E-state index in [1.165, 1.54) is 13.2 Å². The molecule has 0 unspecified atom stereocenters. The highest BCUT2D eigenvalue weighted by atomic mass is 19.4. The van der Waals surface area contributed by atoms with Gasteiger partial charge in [-0.05, 0) is 37.6 Å². The number of methoxy groups -OCH3 is 1. The largest absolute Gasteiger partial charge is 0.493 e. The average Bonchev–Trinajstić information content (AvgIpc) is 2.70. The number of aliphatic hydroxyl groups is 1. The van der Waals surface area contributed by atoms with Crippen molar-refractivity contribution >= 4 is 22.5 Å². The molecule has 0 fully saturated rings. The van der Waals surface area contributed by atoms with Gasteiger partial charge in [0.1, 0.15) is 29.8 Å². The van der Waals surface area contributed by atoms with Crippen LogP contribution >= 0.6 is 0 Å². The highest BCUT2D eigenvalue weighted by molar-refractivity contribution is 5.92. The van der Waals surface area contributed by atoms with Crippen molar-refractivity contribution in [3.05, 3.63) is 41.3 Å². The molecule has 0 amide bonds. The maximum absolute atomic E-state index is 13.1. The number of hydrogen-bond acceptors (Lipinski definition) is 8. The van der Waals surface area contributed by atoms with Crippen LogP contribution in [-0.2, 0) is 6.18 Å². The molecule has 0 radical (unpaired) electrons. The fourth-order valence-corrected chi connectivity index (χ4v) is 3.05. The van der Waals surface area contributed by atoms with Crippen molar-refractivity contribution in [3.63, 3.8) is 0 Å². The van der Waals surface area contributed by atoms with E-state index >= 15 is 0 Å². The predicted molar refractivity (Wildman–Crippen MR) is 109 cm³/mol. The number of nitrogens with zero attached hydrogens (tertiary/aromatic N) is 3. The SMILES string of the molecule is COc1cc2nc(C)nc(N[C@H](C)c3cc(N)nc(C(F)(F)F)c3)c2cc1OCCO. The summed E-state index contributed by atoms with van der Waals surface area (Å²) < 4.78 is 50.2. The van der Waals surface area contributed by atoms with Gasteiger partial charge in [-0.25, -0.2) is 15.0 Å². The highest BCUT2D eigenvalue weighted by Crippen LogP contribution is 2.36. The second kappa shape index (κ2) is 8.80. The maximum atomic E-state index is 13.1. The number of nitrogens with two attached hydrogens (primary N) is 1. The number of nitrogen functional groups attached to an aromatic ring is 1. The average molecular weight is 437 g/mol. The summed E-state index contributed by atoms with van der Waals surface area (Å²) in [5, 5.41) is 12.7. The number of hydrogen-bond donors (Lipinski definition) is 3. The van der Waals surface area contributed by atoms with Crippen LogP contribution in [0.3, 0.4) is 0 Å². The van der Waals surface area contributed by atoms with Crippen molar-refractivity contribution in [1.29, 1.82) is 0 Å². The number of aryl methyl sites for hydroxylation is 1. The van der Waals surface area contributed by atoms with Gasteiger partial charge in [-0.2, -0.15) is 13.2 Å². The lowest BCUT2D eigenvalue weighted by Crippen LogP contribution is -2.14. The van der Waals surface area contributed by atoms with Crippen LogP contribution < -0.4 is 20.5 Å². The molecule has 3 aromatic rings. The molecule has 8 nitrogen and oxygen atoms in total. The second-order valence-corrected chi connectivity index (χ2v) is 6.79. The minimum atomic E-state index is -4.61. The van der Waals surface area contributed by atoms with Crippen LogP contribution in [0.1, 0.15) is 30.0 Å². The summed E-state index contributed by atoms with van der Waals surface area (Å²) in [5.74, 6) is 1.43. The van der Waals surface area contributed by atoms with Gasteiger partial charge in [-0.3, -0.25) is 0 Å². The maximum Gasteiger partial charge on any atom is 0.433 e. The first kappa shape index (κ1) is 22.3. The van der Waals surface area contributed by atoms with Gasteiger partial charge in [0.25, 0.3) is 0 Å². The molecule has 2 heterocycles. The minimum absolute atomic E-state index is 0.0598. The summed E-state index contributed by atoms with van der Waals surface area (Å²) in [6.07, 6.45) is -4.61. The standard InChI is InChI=1S/C20H22F3N5O3/c1-10(12-6-17(20(21,22)23)28-18(24)7-12)25-19-13-8-16(31-5-4-29)15(30-3)9-14(13)26-11(2)27-19/h6-10,29H,4-5H2,1-3H3,(H2,24,28)(H,25,26,27)/t10-/m1/s1. The number of ether oxygens (including phenoxy) is 2. The van der Waals surface area contributed by atoms with Gasteiger partial charge in [0.15, 0.2) is 11.5 Å². The summed E-state index contributed by atoms with van der Waals surface area (Å²) in [7, 11) is 1.48. The molecule has 0 spiro atoms. The van der Waals surface area contributed by atoms with Crippen LogP contribution in [0, 0.1) is 6.92 Å². The lowest BCUT2D eigenvalue weighted by molar-refractivity contribution is -0.141. The van der Waals surface area contributed by atoms with Crippen LogP contribution in [-0.4, -0.2) is 40.4 Å². The number of anilines is 2. The van der Waals surface area contributed by atoms with Gasteiger partial charge in [0.2, 0.25) is 0 Å². The Kier molecular flexibility index (Phi) is 6.34. The van der Waals surface area contributed by atoms with Gasteiger partial charge < -0.3 is 25.6 Å². The Morgan fingerprint density at radius 1 is 1.13 bits per heavy atom. The lowest BCUT2D eigenvalue weighted by atomic mass is 10.1. The predicted octanol–water partition coefficient (Wildman–Crippen LogP) is 3.49. The Hall–Kier alpha value is -3.34. The first-order valence-corrected chi connectivity index (χ1v) is 9.33. The molecule has 2 aromatic heterocycles. The topological polar surface area (TPSA) is 115 Å². The van der Waals surface area contributed by atoms with E-state index in [1.807, 2.05) is 0 Å². The van der Waals surface area contributed by atoms with Crippen LogP contribution in [0.2, 0.25) is 0 Å². The summed E-state index contributed by atoms with van der Waals surface area (Å²) >= 11 is 0. The number of fused-ring (bicyclic) bond motifs is 1. The number of halogens is 3. The zero-order chi connectivity index (χ0) is 22.8. The molecular weight excluding hydrogens is 415 g/mol. The zero-order valence-corrected chi connectivity index (χ0v) is 17.1. The quantitative estimate of drug-likeness (QED) is 0.515. The number of nitrogens with one attached hydrogen (secondary N) is 1. The number of pyridine rings is 1. The van der Waals surface area contributed by atoms with Crippen LogP contribution in [0.4, 0.5) is 24.8 Å². The van der Waals surface area contributed by atoms with E-state index in [4.69, 9.17) is 20.3 Å². The van der Waals surface area contributed by atoms with E-state index in [0.717, 1.165) is 6.07 Å². The summed E-state index contributed by atoms with van der Waals surface area (Å²) in [6, 6.07) is 5.07. The number of aromatic nitrogens is 3. The third kappa shape index (κ3) is 5.05. The van der Waals surface area contributed by atoms with Crippen LogP contribution in [0.5, 0.6) is 11.5 Å². The molecule has 1 atom stereocenters. The van der Waals surface area contributed by atoms with Crippen molar-refractivity contribution in [3.8, 4) is 11.5 Å². The van der Waals surface area contributed by atoms with Crippen molar-refractivity contribution in [2.75, 3.05) is 31.4 Å². The molecule has 0 saturated heterocycles. The van der Waals surface area contributed by atoms with Gasteiger partial charge in [0.05, 0.1) is 25.3 Å². The Labute approximate surface area is 176 Å². The molecule has 3 rings (SSSR count). The molecule has 11 heteroatoms. The Morgan fingerprint density at radius 2 is 1.87 bits per heavy atom. The normalized spacial score (nSPS) is 12.6. The lowest BCUT2D eigenvalue weighted by Gasteiger charge is -2.19. The number of rotatable bonds is 7. The Morgan fingerprint density at radius 3 is 2.52 bits per heavy atom. The van der Waals surface area contributed by atoms with Gasteiger partial charge in [-0.1, -0.05) is 0 Å². The van der Waals surface area contributed by atoms with Crippen molar-refractivity contribution in [1.82, 2.24) is 15.0 Å². The first-order valence-electron chi connectivity index (χ1n) is 9.33. The molecule has 0 aliphatic heterocycles. The molecule has 4 N–H and O–H groups in total. The number of alkyl halides is 3. The van der Waals surface area contributed by atoms with Crippen molar-refractivity contribution in [2.24, 2.45) is 0 Å². The van der Waals surface area contributed by atoms with Gasteiger partial charge in [0, 0.05) is 11.5 Å². The molecule has 0 bridgehead atoms. The van der Waals surface area contributed by atoms with Gasteiger partial charge >= 0.3 is 6.18 Å². The van der Waals surface area contributed by atoms with Crippen LogP contribution in [0.15, 0.2) is 24.3 Å². The van der Waals surface area contributed by atoms with Crippen LogP contribution in [0.25, 0.3) is 10.9 Å². The molecule has 166 valence electrons. The summed E-state index contributed by atoms with van der Waals surface area (Å²) in [6.45, 7) is 3.26. The Balaban J connectivity index is 2.03. The zero-order valence-electron chi connectivity index (χ0n) is 17.1. The number of benzene rings is 1. The molecular formula is C20H22F3N5O3. The fourth-order valence-electron chi connectivity index (χ4n) is 3.05. The second-order valence-electron chi connectivity index (χ2n) is 6.79. The summed E-state index contributed by atoms with van der Waals surface area (Å²) in [5.41, 5.74) is 5.38. The van der Waals surface area contributed by atoms with Gasteiger partial charge in [-0.15, -0.1) is 0 Å². The van der Waals surface area contributed by atoms with Crippen molar-refractivity contribution in [2.45, 2.75) is 26.1 Å². The molecule has 0 saturated carbocycles.